The Kier molecular flexibility index (Phi) is 4.65. The lowest BCUT2D eigenvalue weighted by Gasteiger charge is -2.21. The van der Waals surface area contributed by atoms with Gasteiger partial charge in [-0.05, 0) is 38.2 Å². The monoisotopic (exact) mass is 225 g/mol. The van der Waals surface area contributed by atoms with Gasteiger partial charge in [-0.25, -0.2) is 0 Å². The fourth-order valence-electron chi connectivity index (χ4n) is 2.41. The number of hydrogen-bond acceptors (Lipinski definition) is 3. The standard InChI is InChI=1S/C12H19NO3/c1-9(8-10(2)14)12(13(15)16)11-6-4-3-5-7-11/h6,9,12H,3-5,7-8H2,1-2H3/t9-,12-/m0/s1. The number of Topliss-reactive ketones (excluding diaryl/α,β-unsaturated/α-hetero) is 1. The molecule has 0 spiro atoms. The van der Waals surface area contributed by atoms with Crippen molar-refractivity contribution >= 4 is 5.78 Å². The molecular formula is C12H19NO3. The molecule has 0 amide bonds. The zero-order valence-corrected chi connectivity index (χ0v) is 9.94. The summed E-state index contributed by atoms with van der Waals surface area (Å²) in [6, 6.07) is -0.663. The normalized spacial score (nSPS) is 19.8. The highest BCUT2D eigenvalue weighted by molar-refractivity contribution is 5.75. The van der Waals surface area contributed by atoms with Crippen molar-refractivity contribution in [1.29, 1.82) is 0 Å². The minimum absolute atomic E-state index is 0.0239. The number of nitrogens with zero attached hydrogens (tertiary/aromatic N) is 1. The molecule has 0 aromatic rings. The zero-order valence-electron chi connectivity index (χ0n) is 9.94. The molecule has 0 unspecified atom stereocenters. The second-order valence-corrected chi connectivity index (χ2v) is 4.64. The Bertz CT molecular complexity index is 309. The molecule has 4 heteroatoms. The smallest absolute Gasteiger partial charge is 0.237 e. The lowest BCUT2D eigenvalue weighted by atomic mass is 9.85. The fraction of sp³-hybridized carbons (Fsp3) is 0.750. The van der Waals surface area contributed by atoms with E-state index in [1.807, 2.05) is 6.08 Å². The third-order valence-corrected chi connectivity index (χ3v) is 3.08. The maximum Gasteiger partial charge on any atom is 0.237 e. The van der Waals surface area contributed by atoms with Gasteiger partial charge >= 0.3 is 0 Å². The quantitative estimate of drug-likeness (QED) is 0.410. The van der Waals surface area contributed by atoms with E-state index in [-0.39, 0.29) is 16.6 Å². The van der Waals surface area contributed by atoms with Crippen molar-refractivity contribution in [2.75, 3.05) is 0 Å². The number of hydrogen-bond donors (Lipinski definition) is 0. The van der Waals surface area contributed by atoms with Gasteiger partial charge in [-0.3, -0.25) is 10.1 Å². The van der Waals surface area contributed by atoms with Crippen LogP contribution in [0.5, 0.6) is 0 Å². The van der Waals surface area contributed by atoms with Gasteiger partial charge in [0.15, 0.2) is 0 Å². The first-order valence-corrected chi connectivity index (χ1v) is 5.84. The van der Waals surface area contributed by atoms with Gasteiger partial charge in [0.1, 0.15) is 5.78 Å². The molecule has 1 aliphatic carbocycles. The Morgan fingerprint density at radius 2 is 2.25 bits per heavy atom. The van der Waals surface area contributed by atoms with Gasteiger partial charge in [0.05, 0.1) is 0 Å². The number of carbonyl (C=O) groups excluding carboxylic acids is 1. The third kappa shape index (κ3) is 3.43. The second kappa shape index (κ2) is 5.77. The average Bonchev–Trinajstić information content (AvgIpc) is 2.17. The van der Waals surface area contributed by atoms with E-state index < -0.39 is 6.04 Å². The van der Waals surface area contributed by atoms with Crippen LogP contribution in [0.15, 0.2) is 11.6 Å². The lowest BCUT2D eigenvalue weighted by molar-refractivity contribution is -0.521. The molecule has 0 bridgehead atoms. The van der Waals surface area contributed by atoms with Gasteiger partial charge in [-0.2, -0.15) is 0 Å². The summed E-state index contributed by atoms with van der Waals surface area (Å²) >= 11 is 0. The lowest BCUT2D eigenvalue weighted by Crippen LogP contribution is -2.31. The Morgan fingerprint density at radius 1 is 1.56 bits per heavy atom. The minimum atomic E-state index is -0.663. The summed E-state index contributed by atoms with van der Waals surface area (Å²) in [4.78, 5) is 21.9. The number of allylic oxidation sites excluding steroid dienone is 1. The Hall–Kier alpha value is -1.19. The predicted molar refractivity (Wildman–Crippen MR) is 61.8 cm³/mol. The molecule has 0 saturated carbocycles. The number of rotatable bonds is 5. The summed E-state index contributed by atoms with van der Waals surface area (Å²) in [7, 11) is 0. The van der Waals surface area contributed by atoms with Crippen molar-refractivity contribution in [2.24, 2.45) is 5.92 Å². The predicted octanol–water partition coefficient (Wildman–Crippen LogP) is 2.75. The van der Waals surface area contributed by atoms with Crippen LogP contribution in [-0.4, -0.2) is 16.7 Å². The molecule has 0 heterocycles. The van der Waals surface area contributed by atoms with Crippen LogP contribution in [0, 0.1) is 16.0 Å². The van der Waals surface area contributed by atoms with Crippen LogP contribution in [0.2, 0.25) is 0 Å². The molecular weight excluding hydrogens is 206 g/mol. The zero-order chi connectivity index (χ0) is 12.1. The number of nitro groups is 1. The van der Waals surface area contributed by atoms with Crippen LogP contribution >= 0.6 is 0 Å². The highest BCUT2D eigenvalue weighted by Crippen LogP contribution is 2.27. The maximum atomic E-state index is 11.1. The van der Waals surface area contributed by atoms with E-state index in [4.69, 9.17) is 0 Å². The topological polar surface area (TPSA) is 60.2 Å². The van der Waals surface area contributed by atoms with Gasteiger partial charge in [0, 0.05) is 17.3 Å². The summed E-state index contributed by atoms with van der Waals surface area (Å²) in [6.45, 7) is 3.28. The molecule has 0 aliphatic heterocycles. The maximum absolute atomic E-state index is 11.1. The fourth-order valence-corrected chi connectivity index (χ4v) is 2.41. The van der Waals surface area contributed by atoms with Crippen LogP contribution < -0.4 is 0 Å². The van der Waals surface area contributed by atoms with Crippen molar-refractivity contribution in [3.05, 3.63) is 21.8 Å². The van der Waals surface area contributed by atoms with Gasteiger partial charge in [0.2, 0.25) is 6.04 Å². The molecule has 4 nitrogen and oxygen atoms in total. The molecule has 0 fully saturated rings. The van der Waals surface area contributed by atoms with Gasteiger partial charge in [-0.1, -0.05) is 13.0 Å². The highest BCUT2D eigenvalue weighted by atomic mass is 16.6. The Balaban J connectivity index is 2.77. The van der Waals surface area contributed by atoms with E-state index >= 15 is 0 Å². The molecule has 16 heavy (non-hydrogen) atoms. The van der Waals surface area contributed by atoms with E-state index in [1.54, 1.807) is 6.92 Å². The highest BCUT2D eigenvalue weighted by Gasteiger charge is 2.32. The van der Waals surface area contributed by atoms with Gasteiger partial charge < -0.3 is 4.79 Å². The SMILES string of the molecule is CC(=O)C[C@H](C)[C@@H](C1=CCCCC1)[N+](=O)[O-]. The Morgan fingerprint density at radius 3 is 2.69 bits per heavy atom. The molecule has 0 N–H and O–H groups in total. The second-order valence-electron chi connectivity index (χ2n) is 4.64. The largest absolute Gasteiger partial charge is 0.300 e. The van der Waals surface area contributed by atoms with E-state index in [0.29, 0.717) is 6.42 Å². The van der Waals surface area contributed by atoms with Crippen LogP contribution in [0.25, 0.3) is 0 Å². The summed E-state index contributed by atoms with van der Waals surface area (Å²) < 4.78 is 0. The molecule has 0 aromatic heterocycles. The van der Waals surface area contributed by atoms with E-state index in [1.165, 1.54) is 6.92 Å². The van der Waals surface area contributed by atoms with Crippen molar-refractivity contribution in [3.8, 4) is 0 Å². The molecule has 0 saturated heterocycles. The van der Waals surface area contributed by atoms with E-state index in [0.717, 1.165) is 31.3 Å². The minimum Gasteiger partial charge on any atom is -0.300 e. The van der Waals surface area contributed by atoms with Crippen molar-refractivity contribution in [1.82, 2.24) is 0 Å². The molecule has 0 aromatic carbocycles. The van der Waals surface area contributed by atoms with Crippen molar-refractivity contribution in [3.63, 3.8) is 0 Å². The van der Waals surface area contributed by atoms with Crippen LogP contribution in [-0.2, 0) is 4.79 Å². The summed E-state index contributed by atoms with van der Waals surface area (Å²) in [5, 5.41) is 11.1. The molecule has 2 atom stereocenters. The third-order valence-electron chi connectivity index (χ3n) is 3.08. The van der Waals surface area contributed by atoms with Crippen LogP contribution in [0.3, 0.4) is 0 Å². The number of ketones is 1. The summed E-state index contributed by atoms with van der Waals surface area (Å²) in [5.41, 5.74) is 0.921. The van der Waals surface area contributed by atoms with Crippen LogP contribution in [0.1, 0.15) is 46.0 Å². The van der Waals surface area contributed by atoms with E-state index in [2.05, 4.69) is 0 Å². The molecule has 1 aliphatic rings. The average molecular weight is 225 g/mol. The molecule has 1 rings (SSSR count). The summed E-state index contributed by atoms with van der Waals surface area (Å²) in [5.74, 6) is -0.174. The van der Waals surface area contributed by atoms with Crippen LogP contribution in [0.4, 0.5) is 0 Å². The molecule has 90 valence electrons. The van der Waals surface area contributed by atoms with Crippen molar-refractivity contribution in [2.45, 2.75) is 52.0 Å². The first-order valence-electron chi connectivity index (χ1n) is 5.84. The van der Waals surface area contributed by atoms with E-state index in [9.17, 15) is 14.9 Å². The van der Waals surface area contributed by atoms with Gasteiger partial charge in [-0.15, -0.1) is 0 Å². The van der Waals surface area contributed by atoms with Gasteiger partial charge in [0.25, 0.3) is 0 Å². The molecule has 0 radical (unpaired) electrons. The number of carbonyl (C=O) groups is 1. The first-order chi connectivity index (χ1) is 7.52. The van der Waals surface area contributed by atoms with Crippen molar-refractivity contribution < 1.29 is 9.72 Å². The first kappa shape index (κ1) is 12.9. The summed E-state index contributed by atoms with van der Waals surface area (Å²) in [6.07, 6.45) is 6.19. The Labute approximate surface area is 95.9 Å².